The van der Waals surface area contributed by atoms with Crippen LogP contribution >= 0.6 is 0 Å². The van der Waals surface area contributed by atoms with Gasteiger partial charge in [0, 0.05) is 22.7 Å². The van der Waals surface area contributed by atoms with Gasteiger partial charge in [0.15, 0.2) is 0 Å². The molecule has 0 fully saturated rings. The SMILES string of the molecule is CC(C)OC(=O)Cn1cc(C=Nn2c(=O)[nH]c3ccccc3c2=O)c2ccccc21. The lowest BCUT2D eigenvalue weighted by molar-refractivity contribution is -0.148. The summed E-state index contributed by atoms with van der Waals surface area (Å²) < 4.78 is 7.78. The summed E-state index contributed by atoms with van der Waals surface area (Å²) in [5.41, 5.74) is 0.815. The second kappa shape index (κ2) is 7.82. The maximum Gasteiger partial charge on any atom is 0.349 e. The van der Waals surface area contributed by atoms with Gasteiger partial charge in [-0.15, -0.1) is 4.68 Å². The molecule has 0 atom stereocenters. The first-order valence-electron chi connectivity index (χ1n) is 9.50. The zero-order chi connectivity index (χ0) is 21.3. The monoisotopic (exact) mass is 404 g/mol. The van der Waals surface area contributed by atoms with Gasteiger partial charge in [0.05, 0.1) is 23.2 Å². The smallest absolute Gasteiger partial charge is 0.349 e. The second-order valence-electron chi connectivity index (χ2n) is 7.11. The van der Waals surface area contributed by atoms with Crippen LogP contribution < -0.4 is 11.2 Å². The topological polar surface area (TPSA) is 98.4 Å². The fourth-order valence-electron chi connectivity index (χ4n) is 3.33. The molecule has 0 spiro atoms. The van der Waals surface area contributed by atoms with Gasteiger partial charge in [-0.25, -0.2) is 4.79 Å². The highest BCUT2D eigenvalue weighted by Crippen LogP contribution is 2.20. The molecule has 1 N–H and O–H groups in total. The summed E-state index contributed by atoms with van der Waals surface area (Å²) in [4.78, 5) is 39.7. The van der Waals surface area contributed by atoms with Crippen LogP contribution in [-0.2, 0) is 16.1 Å². The number of nitrogens with one attached hydrogen (secondary N) is 1. The molecular weight excluding hydrogens is 384 g/mol. The van der Waals surface area contributed by atoms with Gasteiger partial charge in [-0.1, -0.05) is 30.3 Å². The average Bonchev–Trinajstić information content (AvgIpc) is 3.05. The Bertz CT molecular complexity index is 1390. The van der Waals surface area contributed by atoms with E-state index in [1.807, 2.05) is 24.3 Å². The Labute approximate surface area is 171 Å². The number of rotatable bonds is 5. The molecule has 0 bridgehead atoms. The third kappa shape index (κ3) is 3.67. The number of carbonyl (C=O) groups excluding carboxylic acids is 1. The van der Waals surface area contributed by atoms with Gasteiger partial charge in [-0.3, -0.25) is 9.59 Å². The van der Waals surface area contributed by atoms with Crippen molar-refractivity contribution in [1.29, 1.82) is 0 Å². The summed E-state index contributed by atoms with van der Waals surface area (Å²) in [5, 5.41) is 5.33. The van der Waals surface area contributed by atoms with Crippen molar-refractivity contribution in [3.05, 3.63) is 81.1 Å². The van der Waals surface area contributed by atoms with Crippen LogP contribution in [0.25, 0.3) is 21.8 Å². The normalized spacial score (nSPS) is 11.7. The summed E-state index contributed by atoms with van der Waals surface area (Å²) in [6.45, 7) is 3.63. The van der Waals surface area contributed by atoms with Gasteiger partial charge in [0.25, 0.3) is 5.56 Å². The van der Waals surface area contributed by atoms with Crippen LogP contribution in [0.4, 0.5) is 0 Å². The fourth-order valence-corrected chi connectivity index (χ4v) is 3.33. The lowest BCUT2D eigenvalue weighted by Gasteiger charge is -2.09. The first-order valence-corrected chi connectivity index (χ1v) is 9.50. The van der Waals surface area contributed by atoms with Crippen molar-refractivity contribution in [2.75, 3.05) is 0 Å². The van der Waals surface area contributed by atoms with Crippen LogP contribution in [0.5, 0.6) is 0 Å². The van der Waals surface area contributed by atoms with Crippen molar-refractivity contribution in [2.24, 2.45) is 5.10 Å². The Morgan fingerprint density at radius 2 is 1.80 bits per heavy atom. The van der Waals surface area contributed by atoms with Crippen molar-refractivity contribution < 1.29 is 9.53 Å². The number of aromatic nitrogens is 3. The highest BCUT2D eigenvalue weighted by Gasteiger charge is 2.12. The van der Waals surface area contributed by atoms with E-state index in [0.29, 0.717) is 16.5 Å². The standard InChI is InChI=1S/C22H20N4O4/c1-14(2)30-20(27)13-25-12-15(16-7-4-6-10-19(16)25)11-23-26-21(28)17-8-3-5-9-18(17)24-22(26)29/h3-12,14H,13H2,1-2H3,(H,24,29). The number of carbonyl (C=O) groups is 1. The van der Waals surface area contributed by atoms with Crippen molar-refractivity contribution in [2.45, 2.75) is 26.5 Å². The molecule has 152 valence electrons. The van der Waals surface area contributed by atoms with E-state index >= 15 is 0 Å². The highest BCUT2D eigenvalue weighted by atomic mass is 16.5. The number of H-pyrrole nitrogens is 1. The average molecular weight is 404 g/mol. The predicted molar refractivity (Wildman–Crippen MR) is 115 cm³/mol. The molecule has 2 aromatic carbocycles. The van der Waals surface area contributed by atoms with Gasteiger partial charge in [-0.05, 0) is 32.0 Å². The molecular formula is C22H20N4O4. The molecule has 0 saturated heterocycles. The molecule has 2 heterocycles. The Hall–Kier alpha value is -3.94. The summed E-state index contributed by atoms with van der Waals surface area (Å²) >= 11 is 0. The van der Waals surface area contributed by atoms with Crippen LogP contribution in [0.15, 0.2) is 69.4 Å². The predicted octanol–water partition coefficient (Wildman–Crippen LogP) is 2.48. The molecule has 0 aliphatic heterocycles. The molecule has 4 aromatic rings. The van der Waals surface area contributed by atoms with Gasteiger partial charge < -0.3 is 14.3 Å². The van der Waals surface area contributed by atoms with E-state index in [-0.39, 0.29) is 18.6 Å². The summed E-state index contributed by atoms with van der Waals surface area (Å²) in [6, 6.07) is 14.3. The van der Waals surface area contributed by atoms with Crippen LogP contribution in [-0.4, -0.2) is 32.5 Å². The quantitative estimate of drug-likeness (QED) is 0.408. The molecule has 4 rings (SSSR count). The fraction of sp³-hybridized carbons (Fsp3) is 0.182. The minimum atomic E-state index is -0.626. The lowest BCUT2D eigenvalue weighted by Crippen LogP contribution is -2.32. The van der Waals surface area contributed by atoms with E-state index in [2.05, 4.69) is 10.1 Å². The zero-order valence-corrected chi connectivity index (χ0v) is 16.5. The number of para-hydroxylation sites is 2. The van der Waals surface area contributed by atoms with Gasteiger partial charge in [-0.2, -0.15) is 5.10 Å². The Morgan fingerprint density at radius 3 is 2.57 bits per heavy atom. The molecule has 30 heavy (non-hydrogen) atoms. The number of nitrogens with zero attached hydrogens (tertiary/aromatic N) is 3. The number of ether oxygens (including phenoxy) is 1. The van der Waals surface area contributed by atoms with Crippen LogP contribution in [0.3, 0.4) is 0 Å². The van der Waals surface area contributed by atoms with Crippen molar-refractivity contribution in [1.82, 2.24) is 14.2 Å². The van der Waals surface area contributed by atoms with E-state index in [9.17, 15) is 14.4 Å². The third-order valence-electron chi connectivity index (χ3n) is 4.58. The minimum Gasteiger partial charge on any atom is -0.462 e. The zero-order valence-electron chi connectivity index (χ0n) is 16.5. The first kappa shape index (κ1) is 19.4. The van der Waals surface area contributed by atoms with Crippen LogP contribution in [0.1, 0.15) is 19.4 Å². The molecule has 0 amide bonds. The van der Waals surface area contributed by atoms with Crippen molar-refractivity contribution >= 4 is 34.0 Å². The summed E-state index contributed by atoms with van der Waals surface area (Å²) in [5.74, 6) is -0.351. The van der Waals surface area contributed by atoms with E-state index < -0.39 is 11.2 Å². The lowest BCUT2D eigenvalue weighted by atomic mass is 10.2. The maximum atomic E-state index is 12.7. The Balaban J connectivity index is 1.75. The van der Waals surface area contributed by atoms with E-state index in [1.165, 1.54) is 6.21 Å². The third-order valence-corrected chi connectivity index (χ3v) is 4.58. The van der Waals surface area contributed by atoms with Gasteiger partial charge in [0.2, 0.25) is 0 Å². The number of benzene rings is 2. The molecule has 0 aliphatic carbocycles. The largest absolute Gasteiger partial charge is 0.462 e. The second-order valence-corrected chi connectivity index (χ2v) is 7.11. The Morgan fingerprint density at radius 1 is 1.10 bits per heavy atom. The summed E-state index contributed by atoms with van der Waals surface area (Å²) in [6.07, 6.45) is 2.99. The highest BCUT2D eigenvalue weighted by molar-refractivity contribution is 5.99. The van der Waals surface area contributed by atoms with Crippen molar-refractivity contribution in [3.8, 4) is 0 Å². The molecule has 8 heteroatoms. The number of hydrogen-bond acceptors (Lipinski definition) is 5. The molecule has 8 nitrogen and oxygen atoms in total. The van der Waals surface area contributed by atoms with Gasteiger partial charge in [0.1, 0.15) is 6.54 Å². The van der Waals surface area contributed by atoms with Crippen LogP contribution in [0.2, 0.25) is 0 Å². The number of hydrogen-bond donors (Lipinski definition) is 1. The number of aromatic amines is 1. The van der Waals surface area contributed by atoms with Crippen LogP contribution in [0, 0.1) is 0 Å². The molecule has 0 unspecified atom stereocenters. The number of fused-ring (bicyclic) bond motifs is 2. The minimum absolute atomic E-state index is 0.0447. The molecule has 0 aliphatic rings. The molecule has 0 radical (unpaired) electrons. The van der Waals surface area contributed by atoms with E-state index in [0.717, 1.165) is 15.6 Å². The molecule has 0 saturated carbocycles. The van der Waals surface area contributed by atoms with E-state index in [1.54, 1.807) is 48.9 Å². The van der Waals surface area contributed by atoms with Crippen molar-refractivity contribution in [3.63, 3.8) is 0 Å². The number of esters is 1. The van der Waals surface area contributed by atoms with Gasteiger partial charge >= 0.3 is 11.7 Å². The first-order chi connectivity index (χ1) is 14.4. The molecule has 2 aromatic heterocycles. The maximum absolute atomic E-state index is 12.7. The summed E-state index contributed by atoms with van der Waals surface area (Å²) in [7, 11) is 0. The van der Waals surface area contributed by atoms with E-state index in [4.69, 9.17) is 4.74 Å². The Kier molecular flexibility index (Phi) is 5.05.